The summed E-state index contributed by atoms with van der Waals surface area (Å²) < 4.78 is 0. The Balaban J connectivity index is 2.49. The molecule has 2 rings (SSSR count). The van der Waals surface area contributed by atoms with Crippen molar-refractivity contribution in [2.24, 2.45) is 0 Å². The first kappa shape index (κ1) is 11.6. The van der Waals surface area contributed by atoms with Crippen molar-refractivity contribution in [3.8, 4) is 11.1 Å². The summed E-state index contributed by atoms with van der Waals surface area (Å²) in [7, 11) is 0. The van der Waals surface area contributed by atoms with Crippen LogP contribution >= 0.6 is 0 Å². The maximum Gasteiger partial charge on any atom is 0.159 e. The van der Waals surface area contributed by atoms with E-state index in [2.05, 4.69) is 32.0 Å². The number of hydrogen-bond donors (Lipinski definition) is 0. The summed E-state index contributed by atoms with van der Waals surface area (Å²) in [5, 5.41) is 0. The van der Waals surface area contributed by atoms with Gasteiger partial charge in [-0.05, 0) is 49.1 Å². The fourth-order valence-electron chi connectivity index (χ4n) is 1.84. The normalized spacial score (nSPS) is 10.3. The Labute approximate surface area is 102 Å². The fraction of sp³-hybridized carbons (Fsp3) is 0.188. The zero-order chi connectivity index (χ0) is 12.4. The maximum atomic E-state index is 11.3. The number of ketones is 1. The number of carbonyl (C=O) groups excluding carboxylic acids is 1. The molecule has 0 amide bonds. The van der Waals surface area contributed by atoms with Gasteiger partial charge in [-0.1, -0.05) is 36.4 Å². The van der Waals surface area contributed by atoms with Crippen LogP contribution < -0.4 is 0 Å². The van der Waals surface area contributed by atoms with Gasteiger partial charge in [0, 0.05) is 5.56 Å². The van der Waals surface area contributed by atoms with E-state index in [9.17, 15) is 4.79 Å². The Bertz CT molecular complexity index is 567. The molecule has 0 aliphatic carbocycles. The minimum Gasteiger partial charge on any atom is -0.295 e. The highest BCUT2D eigenvalue weighted by Crippen LogP contribution is 2.23. The molecule has 0 spiro atoms. The zero-order valence-electron chi connectivity index (χ0n) is 10.4. The maximum absolute atomic E-state index is 11.3. The minimum absolute atomic E-state index is 0.107. The van der Waals surface area contributed by atoms with Crippen LogP contribution in [0.15, 0.2) is 42.5 Å². The molecular formula is C16H16O. The van der Waals surface area contributed by atoms with Gasteiger partial charge in [-0.2, -0.15) is 0 Å². The van der Waals surface area contributed by atoms with Crippen molar-refractivity contribution in [2.75, 3.05) is 0 Å². The van der Waals surface area contributed by atoms with Gasteiger partial charge in [0.1, 0.15) is 0 Å². The minimum atomic E-state index is 0.107. The third-order valence-corrected chi connectivity index (χ3v) is 3.11. The van der Waals surface area contributed by atoms with Crippen molar-refractivity contribution >= 4 is 5.78 Å². The molecule has 0 heterocycles. The monoisotopic (exact) mass is 224 g/mol. The second-order valence-corrected chi connectivity index (χ2v) is 4.44. The molecule has 2 aromatic rings. The number of aryl methyl sites for hydroxylation is 2. The lowest BCUT2D eigenvalue weighted by atomic mass is 9.98. The first-order chi connectivity index (χ1) is 8.08. The van der Waals surface area contributed by atoms with Crippen LogP contribution in [0.1, 0.15) is 28.4 Å². The van der Waals surface area contributed by atoms with Crippen LogP contribution in [0.25, 0.3) is 11.1 Å². The van der Waals surface area contributed by atoms with Crippen molar-refractivity contribution in [2.45, 2.75) is 20.8 Å². The lowest BCUT2D eigenvalue weighted by Gasteiger charge is -2.06. The predicted octanol–water partition coefficient (Wildman–Crippen LogP) is 4.17. The highest BCUT2D eigenvalue weighted by molar-refractivity contribution is 5.95. The molecule has 0 saturated carbocycles. The van der Waals surface area contributed by atoms with Crippen molar-refractivity contribution in [1.82, 2.24) is 0 Å². The molecule has 1 nitrogen and oxygen atoms in total. The Morgan fingerprint density at radius 1 is 0.882 bits per heavy atom. The number of hydrogen-bond acceptors (Lipinski definition) is 1. The molecule has 86 valence electrons. The highest BCUT2D eigenvalue weighted by atomic mass is 16.1. The summed E-state index contributed by atoms with van der Waals surface area (Å²) in [6, 6.07) is 14.2. The van der Waals surface area contributed by atoms with Crippen LogP contribution in [0.3, 0.4) is 0 Å². The molecule has 0 fully saturated rings. The van der Waals surface area contributed by atoms with Gasteiger partial charge >= 0.3 is 0 Å². The lowest BCUT2D eigenvalue weighted by molar-refractivity contribution is 0.101. The van der Waals surface area contributed by atoms with Crippen LogP contribution in [-0.4, -0.2) is 5.78 Å². The van der Waals surface area contributed by atoms with Gasteiger partial charge in [-0.25, -0.2) is 0 Å². The predicted molar refractivity (Wildman–Crippen MR) is 71.4 cm³/mol. The second-order valence-electron chi connectivity index (χ2n) is 4.44. The standard InChI is InChI=1S/C16H16O/c1-11-7-8-16(9-12(11)2)15-6-4-5-14(10-15)13(3)17/h4-10H,1-3H3. The quantitative estimate of drug-likeness (QED) is 0.699. The van der Waals surface area contributed by atoms with E-state index in [1.165, 1.54) is 11.1 Å². The van der Waals surface area contributed by atoms with E-state index in [0.29, 0.717) is 0 Å². The highest BCUT2D eigenvalue weighted by Gasteiger charge is 2.03. The van der Waals surface area contributed by atoms with Crippen LogP contribution in [0, 0.1) is 13.8 Å². The topological polar surface area (TPSA) is 17.1 Å². The molecule has 0 bridgehead atoms. The van der Waals surface area contributed by atoms with Crippen molar-refractivity contribution in [3.63, 3.8) is 0 Å². The van der Waals surface area contributed by atoms with Crippen molar-refractivity contribution in [3.05, 3.63) is 59.2 Å². The Kier molecular flexibility index (Phi) is 3.10. The first-order valence-corrected chi connectivity index (χ1v) is 5.76. The third-order valence-electron chi connectivity index (χ3n) is 3.11. The average Bonchev–Trinajstić information content (AvgIpc) is 2.33. The van der Waals surface area contributed by atoms with Gasteiger partial charge in [0.15, 0.2) is 5.78 Å². The smallest absolute Gasteiger partial charge is 0.159 e. The molecule has 0 aliphatic heterocycles. The van der Waals surface area contributed by atoms with Gasteiger partial charge in [-0.15, -0.1) is 0 Å². The van der Waals surface area contributed by atoms with Crippen molar-refractivity contribution < 1.29 is 4.79 Å². The largest absolute Gasteiger partial charge is 0.295 e. The molecule has 0 radical (unpaired) electrons. The molecular weight excluding hydrogens is 208 g/mol. The summed E-state index contributed by atoms with van der Waals surface area (Å²) >= 11 is 0. The average molecular weight is 224 g/mol. The summed E-state index contributed by atoms with van der Waals surface area (Å²) in [6.07, 6.45) is 0. The number of benzene rings is 2. The number of rotatable bonds is 2. The van der Waals surface area contributed by atoms with Crippen molar-refractivity contribution in [1.29, 1.82) is 0 Å². The van der Waals surface area contributed by atoms with Gasteiger partial charge in [0.05, 0.1) is 0 Å². The van der Waals surface area contributed by atoms with E-state index in [4.69, 9.17) is 0 Å². The van der Waals surface area contributed by atoms with E-state index >= 15 is 0 Å². The van der Waals surface area contributed by atoms with Gasteiger partial charge < -0.3 is 0 Å². The third kappa shape index (κ3) is 2.44. The Hall–Kier alpha value is -1.89. The Morgan fingerprint density at radius 2 is 1.59 bits per heavy atom. The van der Waals surface area contributed by atoms with Gasteiger partial charge in [0.25, 0.3) is 0 Å². The molecule has 0 aromatic heterocycles. The molecule has 2 aromatic carbocycles. The summed E-state index contributed by atoms with van der Waals surface area (Å²) in [5.41, 5.74) is 5.59. The van der Waals surface area contributed by atoms with E-state index in [-0.39, 0.29) is 5.78 Å². The van der Waals surface area contributed by atoms with Crippen LogP contribution in [0.2, 0.25) is 0 Å². The van der Waals surface area contributed by atoms with Crippen LogP contribution in [0.4, 0.5) is 0 Å². The number of carbonyl (C=O) groups is 1. The number of Topliss-reactive ketones (excluding diaryl/α,β-unsaturated/α-hetero) is 1. The first-order valence-electron chi connectivity index (χ1n) is 5.76. The SMILES string of the molecule is CC(=O)c1cccc(-c2ccc(C)c(C)c2)c1. The van der Waals surface area contributed by atoms with E-state index in [0.717, 1.165) is 16.7 Å². The molecule has 0 unspecified atom stereocenters. The van der Waals surface area contributed by atoms with E-state index in [1.807, 2.05) is 24.3 Å². The van der Waals surface area contributed by atoms with Gasteiger partial charge in [-0.3, -0.25) is 4.79 Å². The van der Waals surface area contributed by atoms with Crippen LogP contribution in [0.5, 0.6) is 0 Å². The molecule has 0 N–H and O–H groups in total. The van der Waals surface area contributed by atoms with Crippen LogP contribution in [-0.2, 0) is 0 Å². The summed E-state index contributed by atoms with van der Waals surface area (Å²) in [4.78, 5) is 11.3. The van der Waals surface area contributed by atoms with Gasteiger partial charge in [0.2, 0.25) is 0 Å². The fourth-order valence-corrected chi connectivity index (χ4v) is 1.84. The molecule has 0 atom stereocenters. The zero-order valence-corrected chi connectivity index (χ0v) is 10.4. The molecule has 1 heteroatoms. The molecule has 17 heavy (non-hydrogen) atoms. The summed E-state index contributed by atoms with van der Waals surface area (Å²) in [5.74, 6) is 0.107. The Morgan fingerprint density at radius 3 is 2.24 bits per heavy atom. The molecule has 0 saturated heterocycles. The summed E-state index contributed by atoms with van der Waals surface area (Å²) in [6.45, 7) is 5.80. The lowest BCUT2D eigenvalue weighted by Crippen LogP contribution is -1.92. The van der Waals surface area contributed by atoms with E-state index in [1.54, 1.807) is 6.92 Å². The second kappa shape index (κ2) is 4.54. The van der Waals surface area contributed by atoms with E-state index < -0.39 is 0 Å². The molecule has 0 aliphatic rings.